The first-order chi connectivity index (χ1) is 9.08. The van der Waals surface area contributed by atoms with Crippen molar-refractivity contribution in [3.05, 3.63) is 34.9 Å². The van der Waals surface area contributed by atoms with Gasteiger partial charge in [0.25, 0.3) is 0 Å². The van der Waals surface area contributed by atoms with E-state index in [0.717, 1.165) is 6.08 Å². The zero-order chi connectivity index (χ0) is 14.3. The predicted molar refractivity (Wildman–Crippen MR) is 71.6 cm³/mol. The fraction of sp³-hybridized carbons (Fsp3) is 0.154. The number of anilines is 1. The minimum Gasteiger partial charge on any atom is -0.478 e. The first kappa shape index (κ1) is 14.6. The number of rotatable bonds is 5. The average Bonchev–Trinajstić information content (AvgIpc) is 2.37. The summed E-state index contributed by atoms with van der Waals surface area (Å²) in [5, 5.41) is 26.6. The molecular formula is C13H10ClN3O2. The molecule has 0 saturated heterocycles. The second-order valence-electron chi connectivity index (χ2n) is 3.55. The Kier molecular flexibility index (Phi) is 5.40. The van der Waals surface area contributed by atoms with Gasteiger partial charge in [0.1, 0.15) is 13.1 Å². The topological polar surface area (TPSA) is 88.1 Å². The van der Waals surface area contributed by atoms with Gasteiger partial charge in [-0.2, -0.15) is 10.5 Å². The second-order valence-corrected chi connectivity index (χ2v) is 3.98. The maximum atomic E-state index is 10.5. The standard InChI is InChI=1S/C13H10ClN3O2/c14-11-3-1-10(2-4-13(18)19)12(9-11)17(7-5-15)8-6-16/h1-4,9H,7-8H2,(H,18,19)/b4-2+. The lowest BCUT2D eigenvalue weighted by Gasteiger charge is -2.20. The van der Waals surface area contributed by atoms with E-state index >= 15 is 0 Å². The van der Waals surface area contributed by atoms with Gasteiger partial charge in [-0.25, -0.2) is 4.79 Å². The number of carboxylic acid groups (broad SMARTS) is 1. The molecule has 0 aliphatic heterocycles. The van der Waals surface area contributed by atoms with Crippen molar-refractivity contribution in [1.29, 1.82) is 10.5 Å². The number of nitrogens with zero attached hydrogens (tertiary/aromatic N) is 3. The lowest BCUT2D eigenvalue weighted by Crippen LogP contribution is -2.24. The van der Waals surface area contributed by atoms with Gasteiger partial charge in [0.05, 0.1) is 12.1 Å². The minimum absolute atomic E-state index is 0.0157. The number of hydrogen-bond acceptors (Lipinski definition) is 4. The molecule has 0 radical (unpaired) electrons. The summed E-state index contributed by atoms with van der Waals surface area (Å²) in [7, 11) is 0. The maximum absolute atomic E-state index is 10.5. The van der Waals surface area contributed by atoms with Gasteiger partial charge in [-0.3, -0.25) is 0 Å². The van der Waals surface area contributed by atoms with Crippen LogP contribution in [0.25, 0.3) is 6.08 Å². The number of carbonyl (C=O) groups is 1. The number of carboxylic acids is 1. The van der Waals surface area contributed by atoms with Crippen LogP contribution in [0.3, 0.4) is 0 Å². The molecule has 6 heteroatoms. The Balaban J connectivity index is 3.22. The summed E-state index contributed by atoms with van der Waals surface area (Å²) in [5.41, 5.74) is 1.13. The molecule has 0 saturated carbocycles. The van der Waals surface area contributed by atoms with Gasteiger partial charge in [-0.05, 0) is 23.8 Å². The molecule has 0 spiro atoms. The van der Waals surface area contributed by atoms with Gasteiger partial charge in [-0.1, -0.05) is 17.7 Å². The molecule has 0 unspecified atom stereocenters. The summed E-state index contributed by atoms with van der Waals surface area (Å²) >= 11 is 5.89. The summed E-state index contributed by atoms with van der Waals surface area (Å²) in [6.07, 6.45) is 2.39. The van der Waals surface area contributed by atoms with Crippen molar-refractivity contribution in [2.24, 2.45) is 0 Å². The Hall–Kier alpha value is -2.50. The van der Waals surface area contributed by atoms with Crippen molar-refractivity contribution < 1.29 is 9.90 Å². The van der Waals surface area contributed by atoms with Crippen molar-refractivity contribution in [1.82, 2.24) is 0 Å². The van der Waals surface area contributed by atoms with Gasteiger partial charge < -0.3 is 10.0 Å². The van der Waals surface area contributed by atoms with Crippen molar-refractivity contribution in [3.63, 3.8) is 0 Å². The fourth-order valence-corrected chi connectivity index (χ4v) is 1.66. The smallest absolute Gasteiger partial charge is 0.328 e. The average molecular weight is 276 g/mol. The number of nitriles is 2. The van der Waals surface area contributed by atoms with Crippen LogP contribution in [0.5, 0.6) is 0 Å². The second kappa shape index (κ2) is 7.05. The molecule has 0 aliphatic carbocycles. The summed E-state index contributed by atoms with van der Waals surface area (Å²) in [6.45, 7) is 0.0314. The molecule has 0 fully saturated rings. The van der Waals surface area contributed by atoms with E-state index < -0.39 is 5.97 Å². The molecule has 0 aromatic heterocycles. The Bertz CT molecular complexity index is 569. The van der Waals surface area contributed by atoms with Crippen molar-refractivity contribution in [2.45, 2.75) is 0 Å². The van der Waals surface area contributed by atoms with Crippen LogP contribution >= 0.6 is 11.6 Å². The van der Waals surface area contributed by atoms with Crippen LogP contribution < -0.4 is 4.90 Å². The van der Waals surface area contributed by atoms with E-state index in [9.17, 15) is 4.79 Å². The SMILES string of the molecule is N#CCN(CC#N)c1cc(Cl)ccc1/C=C/C(=O)O. The lowest BCUT2D eigenvalue weighted by molar-refractivity contribution is -0.131. The first-order valence-electron chi connectivity index (χ1n) is 5.28. The van der Waals surface area contributed by atoms with Gasteiger partial charge in [0, 0.05) is 16.8 Å². The normalized spacial score (nSPS) is 9.84. The zero-order valence-electron chi connectivity index (χ0n) is 9.88. The third-order valence-corrected chi connectivity index (χ3v) is 2.50. The van der Waals surface area contributed by atoms with Crippen LogP contribution in [-0.4, -0.2) is 24.2 Å². The molecule has 5 nitrogen and oxygen atoms in total. The monoisotopic (exact) mass is 275 g/mol. The summed E-state index contributed by atoms with van der Waals surface area (Å²) in [4.78, 5) is 12.1. The van der Waals surface area contributed by atoms with Gasteiger partial charge in [0.15, 0.2) is 0 Å². The minimum atomic E-state index is -1.08. The molecular weight excluding hydrogens is 266 g/mol. The Morgan fingerprint density at radius 1 is 1.37 bits per heavy atom. The van der Waals surface area contributed by atoms with E-state index in [1.807, 2.05) is 12.1 Å². The number of benzene rings is 1. The molecule has 1 aromatic rings. The third kappa shape index (κ3) is 4.34. The van der Waals surface area contributed by atoms with E-state index in [2.05, 4.69) is 0 Å². The zero-order valence-corrected chi connectivity index (χ0v) is 10.6. The molecule has 0 aliphatic rings. The highest BCUT2D eigenvalue weighted by Crippen LogP contribution is 2.26. The number of halogens is 1. The predicted octanol–water partition coefficient (Wildman–Crippen LogP) is 2.29. The van der Waals surface area contributed by atoms with Crippen molar-refractivity contribution in [2.75, 3.05) is 18.0 Å². The number of hydrogen-bond donors (Lipinski definition) is 1. The molecule has 1 aromatic carbocycles. The Morgan fingerprint density at radius 2 is 2.00 bits per heavy atom. The van der Waals surface area contributed by atoms with Crippen LogP contribution in [0, 0.1) is 22.7 Å². The molecule has 1 rings (SSSR count). The van der Waals surface area contributed by atoms with E-state index in [1.54, 1.807) is 18.2 Å². The van der Waals surface area contributed by atoms with E-state index in [-0.39, 0.29) is 13.1 Å². The summed E-state index contributed by atoms with van der Waals surface area (Å²) in [6, 6.07) is 8.76. The molecule has 96 valence electrons. The molecule has 0 amide bonds. The maximum Gasteiger partial charge on any atom is 0.328 e. The van der Waals surface area contributed by atoms with Crippen LogP contribution in [-0.2, 0) is 4.79 Å². The van der Waals surface area contributed by atoms with E-state index in [1.165, 1.54) is 11.0 Å². The van der Waals surface area contributed by atoms with Gasteiger partial charge >= 0.3 is 5.97 Å². The third-order valence-electron chi connectivity index (χ3n) is 2.26. The van der Waals surface area contributed by atoms with Crippen molar-refractivity contribution >= 4 is 29.3 Å². The van der Waals surface area contributed by atoms with Gasteiger partial charge in [-0.15, -0.1) is 0 Å². The van der Waals surface area contributed by atoms with Crippen LogP contribution in [0.1, 0.15) is 5.56 Å². The van der Waals surface area contributed by atoms with Crippen molar-refractivity contribution in [3.8, 4) is 12.1 Å². The lowest BCUT2D eigenvalue weighted by atomic mass is 10.1. The van der Waals surface area contributed by atoms with Crippen LogP contribution in [0.4, 0.5) is 5.69 Å². The molecule has 19 heavy (non-hydrogen) atoms. The first-order valence-corrected chi connectivity index (χ1v) is 5.65. The molecule has 1 N–H and O–H groups in total. The molecule has 0 atom stereocenters. The van der Waals surface area contributed by atoms with E-state index in [4.69, 9.17) is 27.2 Å². The highest BCUT2D eigenvalue weighted by Gasteiger charge is 2.10. The Labute approximate surface area is 115 Å². The molecule has 0 heterocycles. The largest absolute Gasteiger partial charge is 0.478 e. The quantitative estimate of drug-likeness (QED) is 0.658. The summed E-state index contributed by atoms with van der Waals surface area (Å²) < 4.78 is 0. The van der Waals surface area contributed by atoms with Crippen LogP contribution in [0.15, 0.2) is 24.3 Å². The Morgan fingerprint density at radius 3 is 2.53 bits per heavy atom. The van der Waals surface area contributed by atoms with Crippen LogP contribution in [0.2, 0.25) is 5.02 Å². The number of aliphatic carboxylic acids is 1. The van der Waals surface area contributed by atoms with Gasteiger partial charge in [0.2, 0.25) is 0 Å². The highest BCUT2D eigenvalue weighted by atomic mass is 35.5. The summed E-state index contributed by atoms with van der Waals surface area (Å²) in [5.74, 6) is -1.08. The fourth-order valence-electron chi connectivity index (χ4n) is 1.49. The highest BCUT2D eigenvalue weighted by molar-refractivity contribution is 6.31. The molecule has 0 bridgehead atoms. The van der Waals surface area contributed by atoms with E-state index in [0.29, 0.717) is 16.3 Å².